The molecule has 2 aliphatic heterocycles. The van der Waals surface area contributed by atoms with Crippen LogP contribution in [0.15, 0.2) is 23.1 Å². The third-order valence-corrected chi connectivity index (χ3v) is 6.22. The van der Waals surface area contributed by atoms with Crippen molar-refractivity contribution in [2.24, 2.45) is 0 Å². The zero-order chi connectivity index (χ0) is 21.8. The molecule has 0 spiro atoms. The molecule has 8 nitrogen and oxygen atoms in total. The third kappa shape index (κ3) is 5.71. The van der Waals surface area contributed by atoms with Gasteiger partial charge < -0.3 is 20.2 Å². The van der Waals surface area contributed by atoms with E-state index in [4.69, 9.17) is 5.11 Å². The van der Waals surface area contributed by atoms with Crippen LogP contribution in [0.4, 0.5) is 14.9 Å². The van der Waals surface area contributed by atoms with Gasteiger partial charge in [0.25, 0.3) is 0 Å². The molecule has 0 aliphatic carbocycles. The molecule has 11 heteroatoms. The van der Waals surface area contributed by atoms with Gasteiger partial charge in [-0.1, -0.05) is 22.6 Å². The summed E-state index contributed by atoms with van der Waals surface area (Å²) in [6.07, 6.45) is 1.73. The first-order valence-corrected chi connectivity index (χ1v) is 13.1. The van der Waals surface area contributed by atoms with Crippen molar-refractivity contribution in [2.45, 2.75) is 36.2 Å². The zero-order valence-electron chi connectivity index (χ0n) is 16.3. The number of likely N-dealkylation sites (tertiary alicyclic amines) is 2. The second-order valence-corrected chi connectivity index (χ2v) is 8.95. The fourth-order valence-corrected chi connectivity index (χ4v) is 4.23. The number of hydrogen-bond acceptors (Lipinski definition) is 5. The molecule has 0 aromatic heterocycles. The first kappa shape index (κ1) is 23.6. The smallest absolute Gasteiger partial charge is 0.407 e. The summed E-state index contributed by atoms with van der Waals surface area (Å²) in [5, 5.41) is 11.9. The first-order chi connectivity index (χ1) is 13.7. The van der Waals surface area contributed by atoms with Gasteiger partial charge in [-0.2, -0.15) is 0 Å². The van der Waals surface area contributed by atoms with Gasteiger partial charge in [-0.25, -0.2) is 17.6 Å². The molecule has 1 unspecified atom stereocenters. The highest BCUT2D eigenvalue weighted by Gasteiger charge is 2.37. The summed E-state index contributed by atoms with van der Waals surface area (Å²) in [7, 11) is -3.50. The number of anilines is 1. The molecule has 2 amide bonds. The summed E-state index contributed by atoms with van der Waals surface area (Å²) < 4.78 is 37.2. The molecular weight excluding hydrogens is 516 g/mol. The summed E-state index contributed by atoms with van der Waals surface area (Å²) in [5.74, 6) is -0.866. The number of piperidine rings is 1. The van der Waals surface area contributed by atoms with Crippen molar-refractivity contribution in [1.29, 1.82) is 0 Å². The van der Waals surface area contributed by atoms with Crippen LogP contribution in [0.2, 0.25) is 0 Å². The normalized spacial score (nSPS) is 20.3. The maximum absolute atomic E-state index is 14.2. The number of sulfone groups is 1. The molecule has 2 N–H and O–H groups in total. The Morgan fingerprint density at radius 1 is 1.21 bits per heavy atom. The quantitative estimate of drug-likeness (QED) is 0.448. The van der Waals surface area contributed by atoms with Gasteiger partial charge in [0.1, 0.15) is 11.9 Å². The van der Waals surface area contributed by atoms with Crippen LogP contribution in [0.3, 0.4) is 0 Å². The van der Waals surface area contributed by atoms with Gasteiger partial charge in [0, 0.05) is 31.9 Å². The van der Waals surface area contributed by atoms with E-state index in [2.05, 4.69) is 27.9 Å². The Balaban J connectivity index is 0.00000145. The number of alkyl halides is 1. The van der Waals surface area contributed by atoms with Crippen molar-refractivity contribution >= 4 is 50.1 Å². The predicted octanol–water partition coefficient (Wildman–Crippen LogP) is 2.44. The Morgan fingerprint density at radius 3 is 2.34 bits per heavy atom. The molecule has 162 valence electrons. The van der Waals surface area contributed by atoms with E-state index in [1.807, 2.05) is 4.93 Å². The van der Waals surface area contributed by atoms with Crippen LogP contribution in [0.25, 0.3) is 0 Å². The van der Waals surface area contributed by atoms with Crippen LogP contribution in [-0.2, 0) is 14.6 Å². The molecule has 2 heterocycles. The topological polar surface area (TPSA) is 107 Å². The van der Waals surface area contributed by atoms with E-state index in [0.29, 0.717) is 38.9 Å². The van der Waals surface area contributed by atoms with Crippen molar-refractivity contribution in [3.05, 3.63) is 24.0 Å². The molecule has 1 atom stereocenters. The van der Waals surface area contributed by atoms with E-state index >= 15 is 0 Å². The Labute approximate surface area is 183 Å². The monoisotopic (exact) mass is 541 g/mol. The van der Waals surface area contributed by atoms with Gasteiger partial charge >= 0.3 is 6.09 Å². The summed E-state index contributed by atoms with van der Waals surface area (Å²) in [6.45, 7) is 1.31. The number of carbonyl (C=O) groups is 2. The third-order valence-electron chi connectivity index (χ3n) is 5.11. The van der Waals surface area contributed by atoms with Crippen molar-refractivity contribution < 1.29 is 27.5 Å². The van der Waals surface area contributed by atoms with E-state index in [9.17, 15) is 22.4 Å². The molecule has 29 heavy (non-hydrogen) atoms. The van der Waals surface area contributed by atoms with Crippen LogP contribution in [-0.4, -0.2) is 78.2 Å². The Morgan fingerprint density at radius 2 is 1.83 bits per heavy atom. The number of nitrogens with zero attached hydrogens (tertiary/aromatic N) is 2. The number of halogens is 2. The second kappa shape index (κ2) is 9.92. The lowest BCUT2D eigenvalue weighted by Gasteiger charge is -2.35. The lowest BCUT2D eigenvalue weighted by molar-refractivity contribution is -0.131. The van der Waals surface area contributed by atoms with Crippen LogP contribution < -0.4 is 5.32 Å². The van der Waals surface area contributed by atoms with Gasteiger partial charge in [0.15, 0.2) is 9.84 Å². The van der Waals surface area contributed by atoms with E-state index in [1.165, 1.54) is 17.0 Å². The van der Waals surface area contributed by atoms with Gasteiger partial charge in [-0.15, -0.1) is 0 Å². The largest absolute Gasteiger partial charge is 0.465 e. The summed E-state index contributed by atoms with van der Waals surface area (Å²) in [4.78, 5) is 28.6. The first-order valence-electron chi connectivity index (χ1n) is 9.09. The highest BCUT2D eigenvalue weighted by Crippen LogP contribution is 2.26. The summed E-state index contributed by atoms with van der Waals surface area (Å²) >= 11 is 2.15. The molecule has 0 radical (unpaired) electrons. The van der Waals surface area contributed by atoms with E-state index in [1.54, 1.807) is 4.90 Å². The van der Waals surface area contributed by atoms with Gasteiger partial charge in [0.05, 0.1) is 10.6 Å². The minimum absolute atomic E-state index is 0.0163. The number of benzene rings is 1. The lowest BCUT2D eigenvalue weighted by atomic mass is 10.0. The van der Waals surface area contributed by atoms with Crippen LogP contribution in [0.5, 0.6) is 0 Å². The molecule has 2 saturated heterocycles. The average molecular weight is 541 g/mol. The average Bonchev–Trinajstić information content (AvgIpc) is 3.04. The predicted molar refractivity (Wildman–Crippen MR) is 116 cm³/mol. The van der Waals surface area contributed by atoms with Crippen molar-refractivity contribution in [1.82, 2.24) is 9.80 Å². The number of amides is 2. The number of rotatable bonds is 4. The van der Waals surface area contributed by atoms with Crippen LogP contribution in [0.1, 0.15) is 19.3 Å². The Kier molecular flexibility index (Phi) is 8.09. The maximum atomic E-state index is 14.2. The van der Waals surface area contributed by atoms with Gasteiger partial charge in [-0.3, -0.25) is 4.79 Å². The van der Waals surface area contributed by atoms with Gasteiger partial charge in [-0.05, 0) is 42.4 Å². The number of carbonyl (C=O) groups excluding carboxylic acids is 1. The number of hydrogen-bond donors (Lipinski definition) is 2. The van der Waals surface area contributed by atoms with Crippen LogP contribution >= 0.6 is 22.6 Å². The standard InChI is InChI=1S/C17H22FN3O5S.CH3I/c1-27(25,26)12-2-3-14(13(18)10-12)19-15-6-9-21(16(15)22)11-4-7-20(8-5-11)17(23)24;1-2/h2-3,10-11,15,19H,4-9H2,1H3,(H,23,24);1H3. The molecular formula is C18H25FIN3O5S. The zero-order valence-corrected chi connectivity index (χ0v) is 19.2. The minimum Gasteiger partial charge on any atom is -0.465 e. The molecule has 2 fully saturated rings. The van der Waals surface area contributed by atoms with Gasteiger partial charge in [0.2, 0.25) is 5.91 Å². The summed E-state index contributed by atoms with van der Waals surface area (Å²) in [6, 6.07) is 2.97. The highest BCUT2D eigenvalue weighted by atomic mass is 127. The lowest BCUT2D eigenvalue weighted by Crippen LogP contribution is -2.48. The van der Waals surface area contributed by atoms with E-state index in [0.717, 1.165) is 12.3 Å². The Bertz CT molecular complexity index is 859. The number of nitrogens with one attached hydrogen (secondary N) is 1. The fraction of sp³-hybridized carbons (Fsp3) is 0.556. The van der Waals surface area contributed by atoms with Crippen molar-refractivity contribution in [3.63, 3.8) is 0 Å². The molecule has 3 rings (SSSR count). The molecule has 2 aliphatic rings. The molecule has 0 bridgehead atoms. The molecule has 1 aromatic carbocycles. The number of carboxylic acid groups (broad SMARTS) is 1. The summed E-state index contributed by atoms with van der Waals surface area (Å²) in [5.41, 5.74) is 0.0864. The molecule has 1 aromatic rings. The Hall–Kier alpha value is -1.63. The minimum atomic E-state index is -3.50. The van der Waals surface area contributed by atoms with Crippen molar-refractivity contribution in [3.8, 4) is 0 Å². The van der Waals surface area contributed by atoms with Crippen LogP contribution in [0, 0.1) is 5.82 Å². The molecule has 0 saturated carbocycles. The fourth-order valence-electron chi connectivity index (χ4n) is 3.60. The van der Waals surface area contributed by atoms with E-state index < -0.39 is 27.8 Å². The highest BCUT2D eigenvalue weighted by molar-refractivity contribution is 14.1. The SMILES string of the molecule is CI.CS(=O)(=O)c1ccc(NC2CCN(C3CCN(C(=O)O)CC3)C2=O)c(F)c1. The van der Waals surface area contributed by atoms with E-state index in [-0.39, 0.29) is 22.5 Å². The second-order valence-electron chi connectivity index (χ2n) is 6.93. The maximum Gasteiger partial charge on any atom is 0.407 e. The van der Waals surface area contributed by atoms with Crippen molar-refractivity contribution in [2.75, 3.05) is 36.1 Å².